The average Bonchev–Trinajstić information content (AvgIpc) is 3.01. The Bertz CT molecular complexity index is 479. The first-order valence-electron chi connectivity index (χ1n) is 7.73. The summed E-state index contributed by atoms with van der Waals surface area (Å²) in [6, 6.07) is 8.35. The number of unbranched alkanes of at least 4 members (excludes halogenated alkanes) is 6. The Balaban J connectivity index is 1.79. The van der Waals surface area contributed by atoms with Crippen LogP contribution in [-0.4, -0.2) is 20.6 Å². The highest BCUT2D eigenvalue weighted by Gasteiger charge is 2.07. The van der Waals surface area contributed by atoms with Gasteiger partial charge in [-0.15, -0.1) is 10.2 Å². The van der Waals surface area contributed by atoms with E-state index in [4.69, 9.17) is 0 Å². The summed E-state index contributed by atoms with van der Waals surface area (Å²) >= 11 is 0. The third-order valence-corrected chi connectivity index (χ3v) is 3.65. The van der Waals surface area contributed by atoms with E-state index in [1.165, 1.54) is 50.5 Å². The number of benzene rings is 1. The van der Waals surface area contributed by atoms with Crippen LogP contribution in [0.5, 0.6) is 0 Å². The maximum Gasteiger partial charge on any atom is 0.204 e. The third-order valence-electron chi connectivity index (χ3n) is 3.65. The van der Waals surface area contributed by atoms with Crippen molar-refractivity contribution in [3.63, 3.8) is 0 Å². The van der Waals surface area contributed by atoms with Crippen molar-refractivity contribution in [1.29, 1.82) is 0 Å². The smallest absolute Gasteiger partial charge is 0.177 e. The SMILES string of the molecule is CCCCCCCCCc1ccccc1-c1nn[nH]n1. The summed E-state index contributed by atoms with van der Waals surface area (Å²) < 4.78 is 0. The minimum atomic E-state index is 0.698. The van der Waals surface area contributed by atoms with Gasteiger partial charge in [-0.25, -0.2) is 0 Å². The normalized spacial score (nSPS) is 10.8. The summed E-state index contributed by atoms with van der Waals surface area (Å²) in [7, 11) is 0. The largest absolute Gasteiger partial charge is 0.204 e. The molecule has 0 radical (unpaired) electrons. The van der Waals surface area contributed by atoms with Crippen LogP contribution in [0.3, 0.4) is 0 Å². The van der Waals surface area contributed by atoms with Crippen molar-refractivity contribution in [1.82, 2.24) is 20.6 Å². The van der Waals surface area contributed by atoms with Crippen LogP contribution in [0.1, 0.15) is 57.4 Å². The van der Waals surface area contributed by atoms with Gasteiger partial charge in [-0.3, -0.25) is 0 Å². The number of hydrogen-bond acceptors (Lipinski definition) is 3. The lowest BCUT2D eigenvalue weighted by Crippen LogP contribution is -1.92. The molecule has 4 heteroatoms. The van der Waals surface area contributed by atoms with E-state index >= 15 is 0 Å². The van der Waals surface area contributed by atoms with E-state index in [1.54, 1.807) is 0 Å². The van der Waals surface area contributed by atoms with Crippen LogP contribution in [0.15, 0.2) is 24.3 Å². The molecule has 4 nitrogen and oxygen atoms in total. The number of nitrogens with zero attached hydrogens (tertiary/aromatic N) is 3. The van der Waals surface area contributed by atoms with E-state index in [0.29, 0.717) is 5.82 Å². The number of aromatic nitrogens is 4. The minimum Gasteiger partial charge on any atom is -0.177 e. The van der Waals surface area contributed by atoms with Crippen molar-refractivity contribution >= 4 is 0 Å². The van der Waals surface area contributed by atoms with Gasteiger partial charge in [0.25, 0.3) is 0 Å². The number of tetrazole rings is 1. The van der Waals surface area contributed by atoms with Crippen LogP contribution in [0.2, 0.25) is 0 Å². The molecule has 1 aromatic carbocycles. The summed E-state index contributed by atoms with van der Waals surface area (Å²) in [6.07, 6.45) is 10.4. The van der Waals surface area contributed by atoms with Crippen LogP contribution in [0.25, 0.3) is 11.4 Å². The Hall–Kier alpha value is -1.71. The molecule has 0 saturated carbocycles. The van der Waals surface area contributed by atoms with Gasteiger partial charge in [-0.1, -0.05) is 69.7 Å². The van der Waals surface area contributed by atoms with E-state index in [9.17, 15) is 0 Å². The zero-order valence-corrected chi connectivity index (χ0v) is 12.3. The lowest BCUT2D eigenvalue weighted by molar-refractivity contribution is 0.589. The van der Waals surface area contributed by atoms with Crippen LogP contribution in [0, 0.1) is 0 Å². The molecule has 1 N–H and O–H groups in total. The maximum atomic E-state index is 4.08. The Kier molecular flexibility index (Phi) is 6.21. The van der Waals surface area contributed by atoms with Gasteiger partial charge in [-0.05, 0) is 23.6 Å². The lowest BCUT2D eigenvalue weighted by atomic mass is 10.00. The highest BCUT2D eigenvalue weighted by Crippen LogP contribution is 2.21. The third kappa shape index (κ3) is 4.44. The molecule has 0 saturated heterocycles. The maximum absolute atomic E-state index is 4.08. The van der Waals surface area contributed by atoms with Crippen molar-refractivity contribution < 1.29 is 0 Å². The molecule has 0 unspecified atom stereocenters. The first kappa shape index (κ1) is 14.7. The topological polar surface area (TPSA) is 54.5 Å². The molecular weight excluding hydrogens is 248 g/mol. The summed E-state index contributed by atoms with van der Waals surface area (Å²) in [6.45, 7) is 2.26. The van der Waals surface area contributed by atoms with E-state index < -0.39 is 0 Å². The predicted octanol–water partition coefficient (Wildman–Crippen LogP) is 4.16. The molecule has 0 aliphatic heterocycles. The fourth-order valence-corrected chi connectivity index (χ4v) is 2.50. The fraction of sp³-hybridized carbons (Fsp3) is 0.562. The molecule has 0 aliphatic rings. The van der Waals surface area contributed by atoms with Crippen molar-refractivity contribution in [2.45, 2.75) is 58.3 Å². The molecule has 2 aromatic rings. The van der Waals surface area contributed by atoms with Gasteiger partial charge in [0, 0.05) is 5.56 Å². The molecule has 0 fully saturated rings. The molecular formula is C16H24N4. The first-order chi connectivity index (χ1) is 9.92. The van der Waals surface area contributed by atoms with Gasteiger partial charge < -0.3 is 0 Å². The van der Waals surface area contributed by atoms with Crippen molar-refractivity contribution in [3.8, 4) is 11.4 Å². The highest BCUT2D eigenvalue weighted by atomic mass is 15.5. The monoisotopic (exact) mass is 272 g/mol. The van der Waals surface area contributed by atoms with E-state index in [1.807, 2.05) is 6.07 Å². The fourth-order valence-electron chi connectivity index (χ4n) is 2.50. The van der Waals surface area contributed by atoms with Gasteiger partial charge in [0.05, 0.1) is 0 Å². The van der Waals surface area contributed by atoms with Crippen LogP contribution >= 0.6 is 0 Å². The van der Waals surface area contributed by atoms with Crippen LogP contribution in [-0.2, 0) is 6.42 Å². The summed E-state index contributed by atoms with van der Waals surface area (Å²) in [5, 5.41) is 14.3. The van der Waals surface area contributed by atoms with Gasteiger partial charge in [-0.2, -0.15) is 5.21 Å². The zero-order valence-electron chi connectivity index (χ0n) is 12.3. The van der Waals surface area contributed by atoms with Gasteiger partial charge in [0.2, 0.25) is 5.82 Å². The number of H-pyrrole nitrogens is 1. The van der Waals surface area contributed by atoms with Gasteiger partial charge in [0.1, 0.15) is 0 Å². The summed E-state index contributed by atoms with van der Waals surface area (Å²) in [4.78, 5) is 0. The van der Waals surface area contributed by atoms with E-state index in [0.717, 1.165) is 12.0 Å². The number of aryl methyl sites for hydroxylation is 1. The number of hydrogen-bond donors (Lipinski definition) is 1. The minimum absolute atomic E-state index is 0.698. The second-order valence-electron chi connectivity index (χ2n) is 5.26. The number of nitrogens with one attached hydrogen (secondary N) is 1. The predicted molar refractivity (Wildman–Crippen MR) is 81.3 cm³/mol. The molecule has 0 atom stereocenters. The Morgan fingerprint density at radius 1 is 0.950 bits per heavy atom. The molecule has 108 valence electrons. The number of aromatic amines is 1. The van der Waals surface area contributed by atoms with Crippen molar-refractivity contribution in [2.75, 3.05) is 0 Å². The van der Waals surface area contributed by atoms with Gasteiger partial charge >= 0.3 is 0 Å². The Morgan fingerprint density at radius 3 is 2.45 bits per heavy atom. The highest BCUT2D eigenvalue weighted by molar-refractivity contribution is 5.59. The molecule has 0 bridgehead atoms. The quantitative estimate of drug-likeness (QED) is 0.697. The van der Waals surface area contributed by atoms with E-state index in [-0.39, 0.29) is 0 Å². The van der Waals surface area contributed by atoms with Crippen molar-refractivity contribution in [2.24, 2.45) is 0 Å². The molecule has 0 aliphatic carbocycles. The standard InChI is InChI=1S/C16H24N4/c1-2-3-4-5-6-7-8-11-14-12-9-10-13-15(14)16-17-19-20-18-16/h9-10,12-13H,2-8,11H2,1H3,(H,17,18,19,20). The Morgan fingerprint density at radius 2 is 1.70 bits per heavy atom. The zero-order chi connectivity index (χ0) is 14.0. The van der Waals surface area contributed by atoms with Crippen LogP contribution < -0.4 is 0 Å². The second-order valence-corrected chi connectivity index (χ2v) is 5.26. The van der Waals surface area contributed by atoms with Gasteiger partial charge in [0.15, 0.2) is 0 Å². The van der Waals surface area contributed by atoms with Crippen molar-refractivity contribution in [3.05, 3.63) is 29.8 Å². The average molecular weight is 272 g/mol. The second kappa shape index (κ2) is 8.46. The molecule has 0 spiro atoms. The number of rotatable bonds is 9. The summed E-state index contributed by atoms with van der Waals surface area (Å²) in [5.41, 5.74) is 2.43. The molecule has 20 heavy (non-hydrogen) atoms. The Labute approximate surface area is 121 Å². The molecule has 0 amide bonds. The first-order valence-corrected chi connectivity index (χ1v) is 7.73. The van der Waals surface area contributed by atoms with E-state index in [2.05, 4.69) is 45.7 Å². The summed E-state index contributed by atoms with van der Waals surface area (Å²) in [5.74, 6) is 0.698. The molecule has 1 heterocycles. The van der Waals surface area contributed by atoms with Crippen LogP contribution in [0.4, 0.5) is 0 Å². The molecule has 2 rings (SSSR count). The molecule has 1 aromatic heterocycles. The lowest BCUT2D eigenvalue weighted by Gasteiger charge is -2.06.